The summed E-state index contributed by atoms with van der Waals surface area (Å²) in [7, 11) is -3.07. The van der Waals surface area contributed by atoms with Gasteiger partial charge in [0.05, 0.1) is 6.26 Å². The van der Waals surface area contributed by atoms with Crippen LogP contribution in [0.3, 0.4) is 0 Å². The third kappa shape index (κ3) is 3.81. The van der Waals surface area contributed by atoms with E-state index in [1.807, 2.05) is 18.2 Å². The molecule has 0 bridgehead atoms. The molecule has 1 N–H and O–H groups in total. The monoisotopic (exact) mass is 297 g/mol. The van der Waals surface area contributed by atoms with Gasteiger partial charge in [0.1, 0.15) is 0 Å². The number of rotatable bonds is 5. The molecule has 1 aromatic carbocycles. The number of benzene rings is 1. The molecule has 0 spiro atoms. The summed E-state index contributed by atoms with van der Waals surface area (Å²) in [5, 5.41) is 9.30. The van der Waals surface area contributed by atoms with Gasteiger partial charge in [0.25, 0.3) is 0 Å². The minimum atomic E-state index is -3.07. The Labute approximate surface area is 121 Å². The van der Waals surface area contributed by atoms with Crippen molar-refractivity contribution in [1.29, 1.82) is 0 Å². The van der Waals surface area contributed by atoms with Gasteiger partial charge in [-0.05, 0) is 36.7 Å². The molecule has 0 amide bonds. The van der Waals surface area contributed by atoms with Crippen molar-refractivity contribution in [3.05, 3.63) is 35.9 Å². The van der Waals surface area contributed by atoms with Crippen molar-refractivity contribution in [1.82, 2.24) is 4.31 Å². The summed E-state index contributed by atoms with van der Waals surface area (Å²) in [4.78, 5) is 0. The average Bonchev–Trinajstić information content (AvgIpc) is 2.45. The summed E-state index contributed by atoms with van der Waals surface area (Å²) in [6, 6.07) is 10.2. The lowest BCUT2D eigenvalue weighted by Gasteiger charge is -2.35. The highest BCUT2D eigenvalue weighted by atomic mass is 32.2. The fourth-order valence-electron chi connectivity index (χ4n) is 3.12. The first-order chi connectivity index (χ1) is 9.52. The van der Waals surface area contributed by atoms with Crippen LogP contribution >= 0.6 is 0 Å². The Morgan fingerprint density at radius 3 is 2.35 bits per heavy atom. The van der Waals surface area contributed by atoms with Crippen LogP contribution < -0.4 is 0 Å². The van der Waals surface area contributed by atoms with E-state index >= 15 is 0 Å². The van der Waals surface area contributed by atoms with Crippen LogP contribution in [0.15, 0.2) is 30.3 Å². The van der Waals surface area contributed by atoms with Crippen LogP contribution in [-0.2, 0) is 10.0 Å². The molecule has 4 nitrogen and oxygen atoms in total. The Morgan fingerprint density at radius 1 is 1.25 bits per heavy atom. The maximum atomic E-state index is 11.5. The third-order valence-corrected chi connectivity index (χ3v) is 5.51. The number of aliphatic hydroxyl groups is 1. The van der Waals surface area contributed by atoms with Gasteiger partial charge in [-0.2, -0.15) is 0 Å². The van der Waals surface area contributed by atoms with Crippen LogP contribution in [0.1, 0.15) is 30.7 Å². The molecule has 112 valence electrons. The highest BCUT2D eigenvalue weighted by Crippen LogP contribution is 2.35. The van der Waals surface area contributed by atoms with E-state index in [2.05, 4.69) is 12.1 Å². The summed E-state index contributed by atoms with van der Waals surface area (Å²) in [6.07, 6.45) is 3.75. The van der Waals surface area contributed by atoms with Gasteiger partial charge >= 0.3 is 0 Å². The predicted molar refractivity (Wildman–Crippen MR) is 80.0 cm³/mol. The number of hydrogen-bond acceptors (Lipinski definition) is 3. The van der Waals surface area contributed by atoms with Gasteiger partial charge in [-0.1, -0.05) is 30.3 Å². The third-order valence-electron chi connectivity index (χ3n) is 4.20. The van der Waals surface area contributed by atoms with Gasteiger partial charge in [-0.3, -0.25) is 0 Å². The molecular formula is C15H23NO3S. The molecule has 1 unspecified atom stereocenters. The van der Waals surface area contributed by atoms with Crippen molar-refractivity contribution in [2.24, 2.45) is 5.92 Å². The van der Waals surface area contributed by atoms with Crippen LogP contribution in [0.5, 0.6) is 0 Å². The minimum Gasteiger partial charge on any atom is -0.396 e. The molecule has 1 aromatic rings. The number of hydrogen-bond donors (Lipinski definition) is 1. The molecule has 0 aromatic heterocycles. The predicted octanol–water partition coefficient (Wildman–Crippen LogP) is 1.82. The highest BCUT2D eigenvalue weighted by Gasteiger charge is 2.30. The van der Waals surface area contributed by atoms with Gasteiger partial charge in [0, 0.05) is 19.7 Å². The zero-order chi connectivity index (χ0) is 14.6. The zero-order valence-corrected chi connectivity index (χ0v) is 12.7. The first-order valence-corrected chi connectivity index (χ1v) is 8.98. The summed E-state index contributed by atoms with van der Waals surface area (Å²) in [6.45, 7) is 1.36. The van der Waals surface area contributed by atoms with Crippen molar-refractivity contribution in [3.63, 3.8) is 0 Å². The lowest BCUT2D eigenvalue weighted by Crippen LogP contribution is -2.39. The van der Waals surface area contributed by atoms with Crippen molar-refractivity contribution < 1.29 is 13.5 Å². The van der Waals surface area contributed by atoms with Gasteiger partial charge in [0.15, 0.2) is 0 Å². The fourth-order valence-corrected chi connectivity index (χ4v) is 4.00. The maximum absolute atomic E-state index is 11.5. The summed E-state index contributed by atoms with van der Waals surface area (Å²) >= 11 is 0. The van der Waals surface area contributed by atoms with Gasteiger partial charge in [0.2, 0.25) is 10.0 Å². The molecule has 0 aliphatic carbocycles. The largest absolute Gasteiger partial charge is 0.396 e. The molecular weight excluding hydrogens is 274 g/mol. The quantitative estimate of drug-likeness (QED) is 0.902. The van der Waals surface area contributed by atoms with E-state index in [0.717, 1.165) is 19.3 Å². The molecule has 1 atom stereocenters. The lowest BCUT2D eigenvalue weighted by atomic mass is 9.79. The van der Waals surface area contributed by atoms with E-state index in [9.17, 15) is 13.5 Å². The number of aliphatic hydroxyl groups excluding tert-OH is 1. The molecule has 0 radical (unpaired) electrons. The van der Waals surface area contributed by atoms with E-state index in [-0.39, 0.29) is 6.61 Å². The van der Waals surface area contributed by atoms with Crippen molar-refractivity contribution in [3.8, 4) is 0 Å². The first-order valence-electron chi connectivity index (χ1n) is 7.13. The zero-order valence-electron chi connectivity index (χ0n) is 11.9. The minimum absolute atomic E-state index is 0.172. The van der Waals surface area contributed by atoms with Crippen LogP contribution in [0, 0.1) is 5.92 Å². The number of nitrogens with zero attached hydrogens (tertiary/aromatic N) is 1. The number of piperidine rings is 1. The van der Waals surface area contributed by atoms with Crippen LogP contribution in [-0.4, -0.2) is 43.8 Å². The first kappa shape index (κ1) is 15.5. The van der Waals surface area contributed by atoms with Crippen molar-refractivity contribution in [2.75, 3.05) is 26.0 Å². The molecule has 0 saturated carbocycles. The Kier molecular flexibility index (Phi) is 5.18. The second-order valence-corrected chi connectivity index (χ2v) is 7.51. The standard InChI is InChI=1S/C15H23NO3S/c1-20(18,19)16-10-7-14(8-11-16)15(9-12-17)13-5-3-2-4-6-13/h2-6,14-15,17H,7-12H2,1H3. The summed E-state index contributed by atoms with van der Waals surface area (Å²) in [5.74, 6) is 0.769. The second-order valence-electron chi connectivity index (χ2n) is 5.53. The van der Waals surface area contributed by atoms with Crippen LogP contribution in [0.2, 0.25) is 0 Å². The molecule has 1 heterocycles. The molecule has 20 heavy (non-hydrogen) atoms. The van der Waals surface area contributed by atoms with Crippen molar-refractivity contribution in [2.45, 2.75) is 25.2 Å². The van der Waals surface area contributed by atoms with Gasteiger partial charge < -0.3 is 5.11 Å². The van der Waals surface area contributed by atoms with E-state index in [1.165, 1.54) is 11.8 Å². The van der Waals surface area contributed by atoms with Crippen molar-refractivity contribution >= 4 is 10.0 Å². The Hall–Kier alpha value is -0.910. The molecule has 2 rings (SSSR count). The lowest BCUT2D eigenvalue weighted by molar-refractivity contribution is 0.207. The summed E-state index contributed by atoms with van der Waals surface area (Å²) in [5.41, 5.74) is 1.25. The smallest absolute Gasteiger partial charge is 0.211 e. The van der Waals surface area contributed by atoms with E-state index < -0.39 is 10.0 Å². The molecule has 1 aliphatic rings. The Morgan fingerprint density at radius 2 is 1.85 bits per heavy atom. The fraction of sp³-hybridized carbons (Fsp3) is 0.600. The highest BCUT2D eigenvalue weighted by molar-refractivity contribution is 7.88. The number of sulfonamides is 1. The normalized spacial score (nSPS) is 19.9. The molecule has 1 fully saturated rings. The van der Waals surface area contributed by atoms with E-state index in [0.29, 0.717) is 24.9 Å². The van der Waals surface area contributed by atoms with Crippen LogP contribution in [0.25, 0.3) is 0 Å². The van der Waals surface area contributed by atoms with Gasteiger partial charge in [-0.15, -0.1) is 0 Å². The van der Waals surface area contributed by atoms with Crippen LogP contribution in [0.4, 0.5) is 0 Å². The molecule has 1 aliphatic heterocycles. The Bertz CT molecular complexity index is 507. The topological polar surface area (TPSA) is 57.6 Å². The molecule has 1 saturated heterocycles. The maximum Gasteiger partial charge on any atom is 0.211 e. The summed E-state index contributed by atoms with van der Waals surface area (Å²) < 4.78 is 24.6. The van der Waals surface area contributed by atoms with E-state index in [4.69, 9.17) is 0 Å². The second kappa shape index (κ2) is 6.70. The van der Waals surface area contributed by atoms with Gasteiger partial charge in [-0.25, -0.2) is 12.7 Å². The Balaban J connectivity index is 2.06. The molecule has 5 heteroatoms. The van der Waals surface area contributed by atoms with E-state index in [1.54, 1.807) is 4.31 Å². The average molecular weight is 297 g/mol. The SMILES string of the molecule is CS(=O)(=O)N1CCC(C(CCO)c2ccccc2)CC1.